The average Bonchev–Trinajstić information content (AvgIpc) is 2.67. The number of rotatable bonds is 7. The van der Waals surface area contributed by atoms with Gasteiger partial charge in [0.1, 0.15) is 12.4 Å². The van der Waals surface area contributed by atoms with E-state index in [1.165, 1.54) is 24.3 Å². The molecule has 0 heterocycles. The fourth-order valence-electron chi connectivity index (χ4n) is 2.52. The minimum atomic E-state index is -4.70. The number of halogens is 4. The first-order chi connectivity index (χ1) is 13.9. The van der Waals surface area contributed by atoms with E-state index >= 15 is 0 Å². The van der Waals surface area contributed by atoms with Gasteiger partial charge in [-0.05, 0) is 42.0 Å². The van der Waals surface area contributed by atoms with Crippen molar-refractivity contribution in [3.63, 3.8) is 0 Å². The van der Waals surface area contributed by atoms with Crippen LogP contribution < -0.4 is 0 Å². The minimum absolute atomic E-state index is 0.298. The van der Waals surface area contributed by atoms with Gasteiger partial charge in [0.2, 0.25) is 15.9 Å². The first-order valence-electron chi connectivity index (χ1n) is 8.48. The lowest BCUT2D eigenvalue weighted by Crippen LogP contribution is -2.44. The molecular weight excluding hydrogens is 426 g/mol. The van der Waals surface area contributed by atoms with Gasteiger partial charge in [0, 0.05) is 13.6 Å². The van der Waals surface area contributed by atoms with Crippen molar-refractivity contribution in [2.24, 2.45) is 0 Å². The maximum Gasteiger partial charge on any atom is 0.406 e. The lowest BCUT2D eigenvalue weighted by molar-refractivity contribution is -0.162. The van der Waals surface area contributed by atoms with Crippen molar-refractivity contribution in [2.75, 3.05) is 20.1 Å². The standard InChI is InChI=1S/C19H17F4N3O3S/c1-25(30(28,29)17-8-6-16(20)7-9-17)12-18(27)26(13-19(21,22)23)11-15-4-2-14(10-24)3-5-15/h2-9H,11-13H2,1H3. The molecule has 160 valence electrons. The van der Waals surface area contributed by atoms with Crippen molar-refractivity contribution in [3.8, 4) is 6.07 Å². The third-order valence-corrected chi connectivity index (χ3v) is 5.88. The van der Waals surface area contributed by atoms with Crippen molar-refractivity contribution in [3.05, 3.63) is 65.5 Å². The van der Waals surface area contributed by atoms with Gasteiger partial charge in [-0.2, -0.15) is 22.7 Å². The Labute approximate surface area is 171 Å². The summed E-state index contributed by atoms with van der Waals surface area (Å²) in [6.45, 7) is -2.84. The Morgan fingerprint density at radius 1 is 1.07 bits per heavy atom. The molecule has 0 atom stereocenters. The zero-order valence-corrected chi connectivity index (χ0v) is 16.5. The largest absolute Gasteiger partial charge is 0.406 e. The molecule has 0 radical (unpaired) electrons. The van der Waals surface area contributed by atoms with E-state index < -0.39 is 47.6 Å². The molecule has 0 spiro atoms. The first kappa shape index (κ1) is 23.3. The van der Waals surface area contributed by atoms with Crippen LogP contribution in [0.2, 0.25) is 0 Å². The van der Waals surface area contributed by atoms with E-state index in [0.29, 0.717) is 20.3 Å². The quantitative estimate of drug-likeness (QED) is 0.617. The molecule has 0 bridgehead atoms. The first-order valence-corrected chi connectivity index (χ1v) is 9.92. The summed E-state index contributed by atoms with van der Waals surface area (Å²) in [4.78, 5) is 12.7. The van der Waals surface area contributed by atoms with E-state index in [-0.39, 0.29) is 4.90 Å². The molecule has 0 unspecified atom stereocenters. The van der Waals surface area contributed by atoms with Gasteiger partial charge < -0.3 is 4.90 Å². The second-order valence-corrected chi connectivity index (χ2v) is 8.43. The molecule has 2 aromatic rings. The van der Waals surface area contributed by atoms with Gasteiger partial charge in [-0.3, -0.25) is 4.79 Å². The van der Waals surface area contributed by atoms with Crippen molar-refractivity contribution in [1.82, 2.24) is 9.21 Å². The molecule has 2 aromatic carbocycles. The van der Waals surface area contributed by atoms with Crippen LogP contribution in [0.15, 0.2) is 53.4 Å². The van der Waals surface area contributed by atoms with E-state index in [2.05, 4.69) is 0 Å². The number of carbonyl (C=O) groups excluding carboxylic acids is 1. The number of hydrogen-bond donors (Lipinski definition) is 0. The van der Waals surface area contributed by atoms with Crippen LogP contribution in [0.25, 0.3) is 0 Å². The molecule has 11 heteroatoms. The molecule has 0 fully saturated rings. The summed E-state index contributed by atoms with van der Waals surface area (Å²) in [5.41, 5.74) is 0.646. The molecule has 0 saturated heterocycles. The van der Waals surface area contributed by atoms with Gasteiger partial charge in [0.15, 0.2) is 0 Å². The lowest BCUT2D eigenvalue weighted by Gasteiger charge is -2.26. The lowest BCUT2D eigenvalue weighted by atomic mass is 10.1. The second-order valence-electron chi connectivity index (χ2n) is 6.39. The minimum Gasteiger partial charge on any atom is -0.328 e. The van der Waals surface area contributed by atoms with Crippen LogP contribution in [-0.2, 0) is 21.4 Å². The fraction of sp³-hybridized carbons (Fsp3) is 0.263. The van der Waals surface area contributed by atoms with E-state index in [0.717, 1.165) is 31.3 Å². The SMILES string of the molecule is CN(CC(=O)N(Cc1ccc(C#N)cc1)CC(F)(F)F)S(=O)(=O)c1ccc(F)cc1. The van der Waals surface area contributed by atoms with E-state index in [1.807, 2.05) is 6.07 Å². The number of nitriles is 1. The molecule has 0 saturated carbocycles. The van der Waals surface area contributed by atoms with Gasteiger partial charge in [0.25, 0.3) is 0 Å². The van der Waals surface area contributed by atoms with Crippen LogP contribution >= 0.6 is 0 Å². The number of likely N-dealkylation sites (N-methyl/N-ethyl adjacent to an activating group) is 1. The van der Waals surface area contributed by atoms with Gasteiger partial charge in [-0.1, -0.05) is 12.1 Å². The molecule has 0 aliphatic carbocycles. The third kappa shape index (κ3) is 6.27. The molecule has 0 aliphatic rings. The van der Waals surface area contributed by atoms with Crippen LogP contribution in [0.4, 0.5) is 17.6 Å². The van der Waals surface area contributed by atoms with Crippen molar-refractivity contribution < 1.29 is 30.8 Å². The Morgan fingerprint density at radius 2 is 1.63 bits per heavy atom. The Kier molecular flexibility index (Phi) is 7.17. The second kappa shape index (κ2) is 9.23. The summed E-state index contributed by atoms with van der Waals surface area (Å²) in [5, 5.41) is 8.79. The number of sulfonamides is 1. The van der Waals surface area contributed by atoms with Crippen LogP contribution in [-0.4, -0.2) is 49.8 Å². The third-order valence-electron chi connectivity index (χ3n) is 4.06. The monoisotopic (exact) mass is 443 g/mol. The highest BCUT2D eigenvalue weighted by Gasteiger charge is 2.34. The predicted octanol–water partition coefficient (Wildman–Crippen LogP) is 2.91. The molecule has 6 nitrogen and oxygen atoms in total. The number of amides is 1. The fourth-order valence-corrected chi connectivity index (χ4v) is 3.64. The summed E-state index contributed by atoms with van der Waals surface area (Å²) < 4.78 is 77.5. The summed E-state index contributed by atoms with van der Waals surface area (Å²) in [6.07, 6.45) is -4.70. The number of hydrogen-bond acceptors (Lipinski definition) is 4. The van der Waals surface area contributed by atoms with Gasteiger partial charge >= 0.3 is 6.18 Å². The van der Waals surface area contributed by atoms with Crippen LogP contribution in [0.3, 0.4) is 0 Å². The van der Waals surface area contributed by atoms with Crippen molar-refractivity contribution in [2.45, 2.75) is 17.6 Å². The Bertz CT molecular complexity index is 1030. The molecule has 30 heavy (non-hydrogen) atoms. The van der Waals surface area contributed by atoms with E-state index in [1.54, 1.807) is 0 Å². The van der Waals surface area contributed by atoms with E-state index in [9.17, 15) is 30.8 Å². The molecule has 0 aliphatic heterocycles. The molecule has 0 N–H and O–H groups in total. The Morgan fingerprint density at radius 3 is 2.13 bits per heavy atom. The van der Waals surface area contributed by atoms with Crippen LogP contribution in [0, 0.1) is 17.1 Å². The number of nitrogens with zero attached hydrogens (tertiary/aromatic N) is 3. The summed E-state index contributed by atoms with van der Waals surface area (Å²) in [7, 11) is -3.16. The highest BCUT2D eigenvalue weighted by Crippen LogP contribution is 2.20. The molecule has 1 amide bonds. The average molecular weight is 443 g/mol. The van der Waals surface area contributed by atoms with Crippen LogP contribution in [0.5, 0.6) is 0 Å². The van der Waals surface area contributed by atoms with Crippen LogP contribution in [0.1, 0.15) is 11.1 Å². The highest BCUT2D eigenvalue weighted by molar-refractivity contribution is 7.89. The summed E-state index contributed by atoms with van der Waals surface area (Å²) >= 11 is 0. The highest BCUT2D eigenvalue weighted by atomic mass is 32.2. The zero-order valence-electron chi connectivity index (χ0n) is 15.7. The topological polar surface area (TPSA) is 81.5 Å². The molecular formula is C19H17F4N3O3S. The van der Waals surface area contributed by atoms with Gasteiger partial charge in [0.05, 0.1) is 23.1 Å². The van der Waals surface area contributed by atoms with Gasteiger partial charge in [-0.15, -0.1) is 0 Å². The summed E-state index contributed by atoms with van der Waals surface area (Å²) in [5.74, 6) is -1.73. The zero-order chi connectivity index (χ0) is 22.5. The van der Waals surface area contributed by atoms with Crippen molar-refractivity contribution >= 4 is 15.9 Å². The number of carbonyl (C=O) groups is 1. The smallest absolute Gasteiger partial charge is 0.328 e. The molecule has 2 rings (SSSR count). The Balaban J connectivity index is 2.20. The maximum atomic E-state index is 13.0. The number of alkyl halides is 3. The summed E-state index contributed by atoms with van der Waals surface area (Å²) in [6, 6.07) is 11.3. The number of benzene rings is 2. The van der Waals surface area contributed by atoms with Crippen molar-refractivity contribution in [1.29, 1.82) is 5.26 Å². The Hall–Kier alpha value is -2.97. The molecule has 0 aromatic heterocycles. The van der Waals surface area contributed by atoms with Gasteiger partial charge in [-0.25, -0.2) is 12.8 Å². The normalized spacial score (nSPS) is 11.9. The predicted molar refractivity (Wildman–Crippen MR) is 98.8 cm³/mol. The van der Waals surface area contributed by atoms with E-state index in [4.69, 9.17) is 5.26 Å². The maximum absolute atomic E-state index is 13.0.